The third-order valence-electron chi connectivity index (χ3n) is 9.10. The number of aromatic nitrogens is 1. The third-order valence-corrected chi connectivity index (χ3v) is 10.2. The monoisotopic (exact) mass is 634 g/mol. The van der Waals surface area contributed by atoms with Gasteiger partial charge in [0.15, 0.2) is 5.58 Å². The molecule has 10 rings (SSSR count). The topological polar surface area (TPSA) is 42.4 Å². The Balaban J connectivity index is 1.11. The molecule has 0 atom stereocenters. The maximum atomic E-state index is 6.19. The molecule has 0 saturated heterocycles. The highest BCUT2D eigenvalue weighted by molar-refractivity contribution is 7.25. The van der Waals surface area contributed by atoms with Gasteiger partial charge in [-0.3, -0.25) is 0 Å². The number of oxazole rings is 1. The Labute approximate surface area is 279 Å². The van der Waals surface area contributed by atoms with Gasteiger partial charge in [0.1, 0.15) is 16.7 Å². The van der Waals surface area contributed by atoms with Gasteiger partial charge in [-0.2, -0.15) is 0 Å². The highest BCUT2D eigenvalue weighted by Gasteiger charge is 2.18. The molecule has 0 spiro atoms. The van der Waals surface area contributed by atoms with Crippen molar-refractivity contribution in [2.24, 2.45) is 0 Å². The molecule has 5 heteroatoms. The van der Waals surface area contributed by atoms with Crippen LogP contribution in [0, 0.1) is 0 Å². The van der Waals surface area contributed by atoms with Crippen LogP contribution in [-0.2, 0) is 0 Å². The summed E-state index contributed by atoms with van der Waals surface area (Å²) in [6.07, 6.45) is 0. The maximum Gasteiger partial charge on any atom is 0.227 e. The van der Waals surface area contributed by atoms with Gasteiger partial charge in [-0.25, -0.2) is 4.98 Å². The molecule has 0 radical (unpaired) electrons. The average molecular weight is 635 g/mol. The lowest BCUT2D eigenvalue weighted by Gasteiger charge is -2.26. The minimum Gasteiger partial charge on any atom is -0.456 e. The fourth-order valence-corrected chi connectivity index (χ4v) is 7.89. The van der Waals surface area contributed by atoms with E-state index in [0.29, 0.717) is 5.89 Å². The molecule has 0 aliphatic heterocycles. The highest BCUT2D eigenvalue weighted by Crippen LogP contribution is 2.43. The second-order valence-corrected chi connectivity index (χ2v) is 13.1. The number of rotatable bonds is 5. The molecule has 48 heavy (non-hydrogen) atoms. The normalized spacial score (nSPS) is 11.8. The van der Waals surface area contributed by atoms with Crippen LogP contribution in [0.5, 0.6) is 0 Å². The first-order valence-corrected chi connectivity index (χ1v) is 16.8. The molecule has 0 aliphatic rings. The van der Waals surface area contributed by atoms with E-state index in [1.165, 1.54) is 31.3 Å². The SMILES string of the molecule is c1ccc(-c2ccc(N(c3ccc4c(c3)sc3ccc(-c5nc6ccccc6o5)cc34)c3ccc4oc5ccccc5c4c3)cc2)cc1. The lowest BCUT2D eigenvalue weighted by molar-refractivity contribution is 0.620. The van der Waals surface area contributed by atoms with Crippen LogP contribution in [0.25, 0.3) is 75.8 Å². The van der Waals surface area contributed by atoms with Crippen LogP contribution in [0.15, 0.2) is 167 Å². The van der Waals surface area contributed by atoms with Crippen LogP contribution in [0.4, 0.5) is 17.1 Å². The predicted octanol–water partition coefficient (Wildman–Crippen LogP) is 12.9. The molecule has 226 valence electrons. The zero-order valence-corrected chi connectivity index (χ0v) is 26.4. The summed E-state index contributed by atoms with van der Waals surface area (Å²) < 4.78 is 14.7. The van der Waals surface area contributed by atoms with Gasteiger partial charge in [-0.15, -0.1) is 11.3 Å². The number of fused-ring (bicyclic) bond motifs is 7. The van der Waals surface area contributed by atoms with Gasteiger partial charge in [0.05, 0.1) is 0 Å². The van der Waals surface area contributed by atoms with E-state index in [1.54, 1.807) is 11.3 Å². The molecule has 10 aromatic rings. The lowest BCUT2D eigenvalue weighted by Crippen LogP contribution is -2.09. The minimum absolute atomic E-state index is 0.640. The number of hydrogen-bond donors (Lipinski definition) is 0. The lowest BCUT2D eigenvalue weighted by atomic mass is 10.0. The molecule has 3 heterocycles. The summed E-state index contributed by atoms with van der Waals surface area (Å²) >= 11 is 1.81. The van der Waals surface area contributed by atoms with E-state index in [0.717, 1.165) is 55.7 Å². The Morgan fingerprint density at radius 1 is 0.417 bits per heavy atom. The number of hydrogen-bond acceptors (Lipinski definition) is 5. The van der Waals surface area contributed by atoms with Crippen molar-refractivity contribution >= 4 is 81.6 Å². The first-order valence-electron chi connectivity index (χ1n) is 15.9. The van der Waals surface area contributed by atoms with Crippen molar-refractivity contribution in [3.63, 3.8) is 0 Å². The van der Waals surface area contributed by atoms with Gasteiger partial charge < -0.3 is 13.7 Å². The van der Waals surface area contributed by atoms with Gasteiger partial charge in [-0.1, -0.05) is 78.9 Å². The van der Waals surface area contributed by atoms with Gasteiger partial charge in [0, 0.05) is 53.6 Å². The molecule has 3 aromatic heterocycles. The zero-order chi connectivity index (χ0) is 31.6. The number of benzene rings is 7. The van der Waals surface area contributed by atoms with E-state index in [4.69, 9.17) is 13.8 Å². The molecule has 0 aliphatic carbocycles. The van der Waals surface area contributed by atoms with Gasteiger partial charge in [0.2, 0.25) is 5.89 Å². The summed E-state index contributed by atoms with van der Waals surface area (Å²) in [5.74, 6) is 0.640. The van der Waals surface area contributed by atoms with Crippen molar-refractivity contribution in [2.45, 2.75) is 0 Å². The van der Waals surface area contributed by atoms with Crippen molar-refractivity contribution < 1.29 is 8.83 Å². The minimum atomic E-state index is 0.640. The first kappa shape index (κ1) is 27.0. The standard InChI is InChI=1S/C43H26N2O2S/c1-2-8-27(9-3-1)28-14-17-30(18-15-28)45(31-20-22-39-35(25-31)33-10-4-6-12-38(33)46-39)32-19-21-34-36-24-29(16-23-41(36)48-42(34)26-32)43-44-37-11-5-7-13-40(37)47-43/h1-26H. The van der Waals surface area contributed by atoms with Crippen LogP contribution < -0.4 is 4.90 Å². The van der Waals surface area contributed by atoms with E-state index in [-0.39, 0.29) is 0 Å². The van der Waals surface area contributed by atoms with Crippen molar-refractivity contribution in [3.8, 4) is 22.6 Å². The van der Waals surface area contributed by atoms with Crippen LogP contribution in [-0.4, -0.2) is 4.98 Å². The Kier molecular flexibility index (Phi) is 6.01. The Morgan fingerprint density at radius 3 is 1.98 bits per heavy atom. The molecule has 4 nitrogen and oxygen atoms in total. The number of nitrogens with zero attached hydrogens (tertiary/aromatic N) is 2. The van der Waals surface area contributed by atoms with Crippen LogP contribution in [0.1, 0.15) is 0 Å². The largest absolute Gasteiger partial charge is 0.456 e. The quantitative estimate of drug-likeness (QED) is 0.189. The average Bonchev–Trinajstić information content (AvgIpc) is 3.85. The maximum absolute atomic E-state index is 6.19. The van der Waals surface area contributed by atoms with Crippen molar-refractivity contribution in [3.05, 3.63) is 158 Å². The fraction of sp³-hybridized carbons (Fsp3) is 0. The van der Waals surface area contributed by atoms with Crippen molar-refractivity contribution in [2.75, 3.05) is 4.90 Å². The summed E-state index contributed by atoms with van der Waals surface area (Å²) in [6.45, 7) is 0. The summed E-state index contributed by atoms with van der Waals surface area (Å²) in [4.78, 5) is 7.08. The Morgan fingerprint density at radius 2 is 1.10 bits per heavy atom. The summed E-state index contributed by atoms with van der Waals surface area (Å²) in [5, 5.41) is 4.63. The number of para-hydroxylation sites is 3. The van der Waals surface area contributed by atoms with Gasteiger partial charge in [-0.05, 0) is 90.0 Å². The molecule has 0 fully saturated rings. The molecule has 0 saturated carbocycles. The number of furan rings is 1. The second-order valence-electron chi connectivity index (χ2n) is 12.0. The molecule has 0 unspecified atom stereocenters. The molecule has 7 aromatic carbocycles. The molecular formula is C43H26N2O2S. The van der Waals surface area contributed by atoms with E-state index in [1.807, 2.05) is 36.4 Å². The third kappa shape index (κ3) is 4.40. The molecule has 0 N–H and O–H groups in total. The van der Waals surface area contributed by atoms with E-state index in [9.17, 15) is 0 Å². The Bertz CT molecular complexity index is 2760. The highest BCUT2D eigenvalue weighted by atomic mass is 32.1. The number of thiophene rings is 1. The molecule has 0 bridgehead atoms. The summed E-state index contributed by atoms with van der Waals surface area (Å²) in [7, 11) is 0. The van der Waals surface area contributed by atoms with E-state index < -0.39 is 0 Å². The van der Waals surface area contributed by atoms with Gasteiger partial charge in [0.25, 0.3) is 0 Å². The second kappa shape index (κ2) is 10.7. The van der Waals surface area contributed by atoms with Crippen molar-refractivity contribution in [1.29, 1.82) is 0 Å². The number of anilines is 3. The van der Waals surface area contributed by atoms with Crippen LogP contribution in [0.3, 0.4) is 0 Å². The van der Waals surface area contributed by atoms with E-state index in [2.05, 4.69) is 126 Å². The zero-order valence-electron chi connectivity index (χ0n) is 25.6. The first-order chi connectivity index (χ1) is 23.7. The molecular weight excluding hydrogens is 609 g/mol. The van der Waals surface area contributed by atoms with Crippen molar-refractivity contribution in [1.82, 2.24) is 4.98 Å². The van der Waals surface area contributed by atoms with E-state index >= 15 is 0 Å². The summed E-state index contributed by atoms with van der Waals surface area (Å²) in [6, 6.07) is 55.2. The smallest absolute Gasteiger partial charge is 0.227 e. The summed E-state index contributed by atoms with van der Waals surface area (Å²) in [5.41, 5.74) is 10.0. The molecule has 0 amide bonds. The predicted molar refractivity (Wildman–Crippen MR) is 200 cm³/mol. The van der Waals surface area contributed by atoms with Crippen LogP contribution in [0.2, 0.25) is 0 Å². The Hall–Kier alpha value is -6.17. The fourth-order valence-electron chi connectivity index (χ4n) is 6.77. The van der Waals surface area contributed by atoms with Gasteiger partial charge >= 0.3 is 0 Å². The van der Waals surface area contributed by atoms with Crippen LogP contribution >= 0.6 is 11.3 Å².